The van der Waals surface area contributed by atoms with Crippen molar-refractivity contribution in [2.24, 2.45) is 5.92 Å². The SMILES string of the molecule is CN[C@@H]1CC(C(=O)OCc2ccccc2)CCN1CC[C@@H](CN(C)S(=O)(=O)c1ccccc1)c1ccccc1.Cl. The molecule has 9 heteroatoms. The number of hydrogen-bond acceptors (Lipinski definition) is 6. The number of rotatable bonds is 12. The zero-order valence-electron chi connectivity index (χ0n) is 23.2. The zero-order chi connectivity index (χ0) is 27.7. The molecule has 40 heavy (non-hydrogen) atoms. The van der Waals surface area contributed by atoms with Gasteiger partial charge in [-0.3, -0.25) is 9.69 Å². The third-order valence-electron chi connectivity index (χ3n) is 7.57. The molecule has 0 radical (unpaired) electrons. The quantitative estimate of drug-likeness (QED) is 0.305. The Morgan fingerprint density at radius 3 is 2.23 bits per heavy atom. The first-order valence-corrected chi connectivity index (χ1v) is 15.0. The van der Waals surface area contributed by atoms with Gasteiger partial charge in [-0.25, -0.2) is 12.7 Å². The highest BCUT2D eigenvalue weighted by Gasteiger charge is 2.33. The number of halogens is 1. The smallest absolute Gasteiger partial charge is 0.309 e. The van der Waals surface area contributed by atoms with Crippen LogP contribution in [-0.4, -0.2) is 63.5 Å². The van der Waals surface area contributed by atoms with E-state index in [9.17, 15) is 13.2 Å². The number of piperidine rings is 1. The van der Waals surface area contributed by atoms with Gasteiger partial charge in [-0.1, -0.05) is 78.9 Å². The lowest BCUT2D eigenvalue weighted by molar-refractivity contribution is -0.152. The van der Waals surface area contributed by atoms with Crippen LogP contribution in [0.1, 0.15) is 36.3 Å². The van der Waals surface area contributed by atoms with Gasteiger partial charge in [-0.15, -0.1) is 12.4 Å². The van der Waals surface area contributed by atoms with Gasteiger partial charge < -0.3 is 10.1 Å². The molecule has 0 spiro atoms. The van der Waals surface area contributed by atoms with Gasteiger partial charge in [0, 0.05) is 26.7 Å². The molecule has 0 aromatic heterocycles. The molecule has 1 fully saturated rings. The fourth-order valence-corrected chi connectivity index (χ4v) is 6.47. The molecule has 1 heterocycles. The first kappa shape index (κ1) is 31.8. The second-order valence-electron chi connectivity index (χ2n) is 10.1. The zero-order valence-corrected chi connectivity index (χ0v) is 24.8. The van der Waals surface area contributed by atoms with E-state index in [-0.39, 0.29) is 36.4 Å². The third-order valence-corrected chi connectivity index (χ3v) is 9.41. The molecule has 0 amide bonds. The standard InChI is InChI=1S/C31H39N3O4S.ClH/c1-32-30-22-27(31(35)38-24-25-12-6-3-7-13-25)18-20-34(30)21-19-28(26-14-8-4-9-15-26)23-33(2)39(36,37)29-16-10-5-11-17-29;/h3-17,27-28,30,32H,18-24H2,1-2H3;1H/t27?,28-,30-;/m0./s1. The Labute approximate surface area is 245 Å². The number of nitrogens with one attached hydrogen (secondary N) is 1. The maximum atomic E-state index is 13.2. The number of benzene rings is 3. The van der Waals surface area contributed by atoms with E-state index in [1.807, 2.05) is 61.6 Å². The van der Waals surface area contributed by atoms with Crippen molar-refractivity contribution in [1.82, 2.24) is 14.5 Å². The van der Waals surface area contributed by atoms with Crippen molar-refractivity contribution in [3.8, 4) is 0 Å². The van der Waals surface area contributed by atoms with Crippen LogP contribution in [0.25, 0.3) is 0 Å². The number of carbonyl (C=O) groups is 1. The minimum absolute atomic E-state index is 0. The number of nitrogens with zero attached hydrogens (tertiary/aromatic N) is 2. The Bertz CT molecular complexity index is 1280. The summed E-state index contributed by atoms with van der Waals surface area (Å²) in [5.41, 5.74) is 2.10. The molecule has 3 aromatic rings. The fraction of sp³-hybridized carbons (Fsp3) is 0.387. The number of likely N-dealkylation sites (tertiary alicyclic amines) is 1. The lowest BCUT2D eigenvalue weighted by atomic mass is 9.92. The van der Waals surface area contributed by atoms with Gasteiger partial charge in [0.15, 0.2) is 0 Å². The molecule has 3 aromatic carbocycles. The van der Waals surface area contributed by atoms with Crippen molar-refractivity contribution >= 4 is 28.4 Å². The summed E-state index contributed by atoms with van der Waals surface area (Å²) in [5.74, 6) is -0.260. The summed E-state index contributed by atoms with van der Waals surface area (Å²) in [4.78, 5) is 15.5. The van der Waals surface area contributed by atoms with E-state index in [1.54, 1.807) is 31.3 Å². The molecule has 1 saturated heterocycles. The van der Waals surface area contributed by atoms with Gasteiger partial charge in [-0.05, 0) is 55.5 Å². The van der Waals surface area contributed by atoms with Gasteiger partial charge in [0.2, 0.25) is 10.0 Å². The predicted molar refractivity (Wildman–Crippen MR) is 161 cm³/mol. The average molecular weight is 586 g/mol. The Morgan fingerprint density at radius 1 is 1.00 bits per heavy atom. The molecule has 216 valence electrons. The summed E-state index contributed by atoms with van der Waals surface area (Å²) in [5, 5.41) is 3.37. The monoisotopic (exact) mass is 585 g/mol. The minimum Gasteiger partial charge on any atom is -0.461 e. The highest BCUT2D eigenvalue weighted by molar-refractivity contribution is 7.89. The Hall–Kier alpha value is -2.75. The van der Waals surface area contributed by atoms with Crippen molar-refractivity contribution < 1.29 is 17.9 Å². The van der Waals surface area contributed by atoms with E-state index in [1.165, 1.54) is 4.31 Å². The second kappa shape index (κ2) is 15.3. The van der Waals surface area contributed by atoms with E-state index < -0.39 is 10.0 Å². The largest absolute Gasteiger partial charge is 0.461 e. The maximum absolute atomic E-state index is 13.2. The summed E-state index contributed by atoms with van der Waals surface area (Å²) in [7, 11) is -0.0122. The molecule has 0 aliphatic carbocycles. The van der Waals surface area contributed by atoms with Gasteiger partial charge in [0.1, 0.15) is 6.61 Å². The predicted octanol–water partition coefficient (Wildman–Crippen LogP) is 4.90. The summed E-state index contributed by atoms with van der Waals surface area (Å²) >= 11 is 0. The Morgan fingerprint density at radius 2 is 1.60 bits per heavy atom. The van der Waals surface area contributed by atoms with Crippen molar-refractivity contribution in [3.05, 3.63) is 102 Å². The first-order chi connectivity index (χ1) is 18.9. The van der Waals surface area contributed by atoms with Gasteiger partial charge in [0.05, 0.1) is 17.0 Å². The normalized spacial score (nSPS) is 18.6. The highest BCUT2D eigenvalue weighted by Crippen LogP contribution is 2.28. The average Bonchev–Trinajstić information content (AvgIpc) is 2.99. The molecule has 0 bridgehead atoms. The Kier molecular flexibility index (Phi) is 12.2. The van der Waals surface area contributed by atoms with Crippen LogP contribution in [0.2, 0.25) is 0 Å². The molecule has 1 unspecified atom stereocenters. The van der Waals surface area contributed by atoms with E-state index in [2.05, 4.69) is 22.3 Å². The molecule has 1 aliphatic heterocycles. The lowest BCUT2D eigenvalue weighted by Crippen LogP contribution is -2.51. The van der Waals surface area contributed by atoms with Crippen molar-refractivity contribution in [2.45, 2.75) is 42.8 Å². The van der Waals surface area contributed by atoms with Crippen molar-refractivity contribution in [3.63, 3.8) is 0 Å². The molecule has 4 rings (SSSR count). The number of carbonyl (C=O) groups excluding carboxylic acids is 1. The van der Waals surface area contributed by atoms with E-state index >= 15 is 0 Å². The van der Waals surface area contributed by atoms with Gasteiger partial charge in [-0.2, -0.15) is 0 Å². The van der Waals surface area contributed by atoms with E-state index in [0.29, 0.717) is 24.5 Å². The van der Waals surface area contributed by atoms with Crippen LogP contribution in [0.15, 0.2) is 95.9 Å². The summed E-state index contributed by atoms with van der Waals surface area (Å²) < 4.78 is 33.5. The van der Waals surface area contributed by atoms with Crippen LogP contribution in [0.3, 0.4) is 0 Å². The highest BCUT2D eigenvalue weighted by atomic mass is 35.5. The van der Waals surface area contributed by atoms with Crippen LogP contribution in [0, 0.1) is 5.92 Å². The number of esters is 1. The summed E-state index contributed by atoms with van der Waals surface area (Å²) in [6, 6.07) is 28.4. The molecular formula is C31H40ClN3O4S. The Balaban J connectivity index is 0.00000441. The van der Waals surface area contributed by atoms with Gasteiger partial charge >= 0.3 is 5.97 Å². The van der Waals surface area contributed by atoms with Crippen LogP contribution in [0.4, 0.5) is 0 Å². The topological polar surface area (TPSA) is 79.0 Å². The van der Waals surface area contributed by atoms with Crippen molar-refractivity contribution in [1.29, 1.82) is 0 Å². The van der Waals surface area contributed by atoms with Crippen LogP contribution < -0.4 is 5.32 Å². The lowest BCUT2D eigenvalue weighted by Gasteiger charge is -2.39. The second-order valence-corrected chi connectivity index (χ2v) is 12.2. The molecule has 1 N–H and O–H groups in total. The van der Waals surface area contributed by atoms with E-state index in [4.69, 9.17) is 4.74 Å². The van der Waals surface area contributed by atoms with Crippen LogP contribution >= 0.6 is 12.4 Å². The number of hydrogen-bond donors (Lipinski definition) is 1. The number of likely N-dealkylation sites (N-methyl/N-ethyl adjacent to an activating group) is 1. The molecular weight excluding hydrogens is 546 g/mol. The molecule has 0 saturated carbocycles. The van der Waals surface area contributed by atoms with Gasteiger partial charge in [0.25, 0.3) is 0 Å². The van der Waals surface area contributed by atoms with Crippen molar-refractivity contribution in [2.75, 3.05) is 33.7 Å². The summed E-state index contributed by atoms with van der Waals surface area (Å²) in [6.07, 6.45) is 2.27. The third kappa shape index (κ3) is 8.38. The molecule has 1 aliphatic rings. The first-order valence-electron chi connectivity index (χ1n) is 13.6. The number of ether oxygens (including phenoxy) is 1. The van der Waals surface area contributed by atoms with Crippen LogP contribution in [-0.2, 0) is 26.2 Å². The minimum atomic E-state index is -3.59. The number of sulfonamides is 1. The summed E-state index contributed by atoms with van der Waals surface area (Å²) in [6.45, 7) is 2.24. The molecule has 7 nitrogen and oxygen atoms in total. The molecule has 3 atom stereocenters. The fourth-order valence-electron chi connectivity index (χ4n) is 5.23. The van der Waals surface area contributed by atoms with Crippen LogP contribution in [0.5, 0.6) is 0 Å². The van der Waals surface area contributed by atoms with E-state index in [0.717, 1.165) is 37.1 Å². The maximum Gasteiger partial charge on any atom is 0.309 e.